The van der Waals surface area contributed by atoms with Crippen LogP contribution in [-0.2, 0) is 23.8 Å². The Hall–Kier alpha value is -1.83. The van der Waals surface area contributed by atoms with Crippen molar-refractivity contribution in [2.24, 2.45) is 0 Å². The number of carbonyl (C=O) groups is 3. The number of carbonyl (C=O) groups excluding carboxylic acids is 3. The molecule has 0 radical (unpaired) electrons. The van der Waals surface area contributed by atoms with Gasteiger partial charge in [-0.05, 0) is 123 Å². The van der Waals surface area contributed by atoms with Gasteiger partial charge in [-0.1, -0.05) is 195 Å². The molecule has 1 amide bonds. The molecule has 0 aromatic rings. The van der Waals surface area contributed by atoms with Crippen molar-refractivity contribution >= 4 is 18.0 Å². The van der Waals surface area contributed by atoms with E-state index in [4.69, 9.17) is 14.2 Å². The molecular weight excluding hydrogens is 833 g/mol. The molecule has 0 N–H and O–H groups in total. The first-order valence-electron chi connectivity index (χ1n) is 29.7. The standard InChI is InChI=1S/C59H116N2O6/c1-8-13-18-23-32-41-52-61(53-42-51-60(6)7)59(64)67-56(47-37-28-24-26-30-39-49-57(62)65-54(43-33-19-14-9-2)44-34-20-15-10-3)48-38-29-25-27-31-40-50-58(63)66-55(45-35-21-16-11-4)46-36-22-17-12-5/h54-56H,8-53H2,1-7H3. The smallest absolute Gasteiger partial charge is 0.410 e. The number of esters is 2. The Balaban J connectivity index is 5.02. The highest BCUT2D eigenvalue weighted by Crippen LogP contribution is 2.22. The van der Waals surface area contributed by atoms with Crippen LogP contribution in [0.2, 0.25) is 0 Å². The van der Waals surface area contributed by atoms with Crippen LogP contribution in [0, 0.1) is 0 Å². The van der Waals surface area contributed by atoms with E-state index in [1.807, 2.05) is 4.90 Å². The quantitative estimate of drug-likeness (QED) is 0.0341. The second-order valence-corrected chi connectivity index (χ2v) is 20.9. The molecule has 0 heterocycles. The van der Waals surface area contributed by atoms with Gasteiger partial charge in [0.25, 0.3) is 0 Å². The highest BCUT2D eigenvalue weighted by atomic mass is 16.6. The van der Waals surface area contributed by atoms with Crippen molar-refractivity contribution in [3.63, 3.8) is 0 Å². The van der Waals surface area contributed by atoms with Gasteiger partial charge < -0.3 is 24.0 Å². The fourth-order valence-corrected chi connectivity index (χ4v) is 9.34. The number of rotatable bonds is 52. The highest BCUT2D eigenvalue weighted by molar-refractivity contribution is 5.70. The van der Waals surface area contributed by atoms with Crippen LogP contribution in [0.5, 0.6) is 0 Å². The van der Waals surface area contributed by atoms with E-state index in [-0.39, 0.29) is 36.3 Å². The first-order chi connectivity index (χ1) is 32.7. The molecule has 0 aromatic carbocycles. The maximum Gasteiger partial charge on any atom is 0.410 e. The molecule has 0 aliphatic heterocycles. The third-order valence-corrected chi connectivity index (χ3v) is 13.8. The van der Waals surface area contributed by atoms with E-state index in [1.165, 1.54) is 109 Å². The van der Waals surface area contributed by atoms with Crippen molar-refractivity contribution in [3.05, 3.63) is 0 Å². The maximum atomic E-state index is 13.8. The van der Waals surface area contributed by atoms with Crippen LogP contribution < -0.4 is 0 Å². The van der Waals surface area contributed by atoms with Gasteiger partial charge in [-0.3, -0.25) is 9.59 Å². The van der Waals surface area contributed by atoms with E-state index in [9.17, 15) is 14.4 Å². The summed E-state index contributed by atoms with van der Waals surface area (Å²) in [6.07, 6.45) is 47.6. The summed E-state index contributed by atoms with van der Waals surface area (Å²) in [5, 5.41) is 0. The average molecular weight is 950 g/mol. The Labute approximate surface area is 417 Å². The lowest BCUT2D eigenvalue weighted by atomic mass is 10.0. The number of hydrogen-bond donors (Lipinski definition) is 0. The summed E-state index contributed by atoms with van der Waals surface area (Å²) in [7, 11) is 4.19. The summed E-state index contributed by atoms with van der Waals surface area (Å²) in [4.78, 5) is 43.6. The lowest BCUT2D eigenvalue weighted by Crippen LogP contribution is -2.37. The Bertz CT molecular complexity index is 988. The van der Waals surface area contributed by atoms with Gasteiger partial charge in [0.15, 0.2) is 0 Å². The Morgan fingerprint density at radius 2 is 0.582 bits per heavy atom. The van der Waals surface area contributed by atoms with Crippen LogP contribution in [0.1, 0.15) is 311 Å². The zero-order chi connectivity index (χ0) is 49.3. The predicted octanol–water partition coefficient (Wildman–Crippen LogP) is 18.1. The summed E-state index contributed by atoms with van der Waals surface area (Å²) in [5.41, 5.74) is 0. The van der Waals surface area contributed by atoms with Gasteiger partial charge in [-0.25, -0.2) is 4.79 Å². The second kappa shape index (κ2) is 50.6. The first-order valence-corrected chi connectivity index (χ1v) is 29.7. The van der Waals surface area contributed by atoms with Crippen molar-refractivity contribution in [2.75, 3.05) is 33.7 Å². The summed E-state index contributed by atoms with van der Waals surface area (Å²) < 4.78 is 18.4. The monoisotopic (exact) mass is 949 g/mol. The van der Waals surface area contributed by atoms with Crippen molar-refractivity contribution in [1.29, 1.82) is 0 Å². The number of nitrogens with zero attached hydrogens (tertiary/aromatic N) is 2. The van der Waals surface area contributed by atoms with Gasteiger partial charge >= 0.3 is 18.0 Å². The second-order valence-electron chi connectivity index (χ2n) is 20.9. The molecule has 0 rings (SSSR count). The third kappa shape index (κ3) is 45.1. The average Bonchev–Trinajstić information content (AvgIpc) is 3.31. The van der Waals surface area contributed by atoms with Crippen LogP contribution in [0.3, 0.4) is 0 Å². The molecule has 0 saturated carbocycles. The first kappa shape index (κ1) is 65.2. The molecule has 0 bridgehead atoms. The van der Waals surface area contributed by atoms with Gasteiger partial charge in [0.05, 0.1) is 0 Å². The number of hydrogen-bond acceptors (Lipinski definition) is 7. The van der Waals surface area contributed by atoms with Crippen LogP contribution in [0.25, 0.3) is 0 Å². The van der Waals surface area contributed by atoms with Crippen molar-refractivity contribution in [1.82, 2.24) is 9.80 Å². The molecule has 0 spiro atoms. The van der Waals surface area contributed by atoms with Gasteiger partial charge in [0.2, 0.25) is 0 Å². The van der Waals surface area contributed by atoms with E-state index in [0.717, 1.165) is 174 Å². The van der Waals surface area contributed by atoms with Gasteiger partial charge in [-0.2, -0.15) is 0 Å². The number of amides is 1. The molecule has 398 valence electrons. The van der Waals surface area contributed by atoms with E-state index in [1.54, 1.807) is 0 Å². The van der Waals surface area contributed by atoms with Crippen molar-refractivity contribution in [3.8, 4) is 0 Å². The molecular formula is C59H116N2O6. The Morgan fingerprint density at radius 3 is 0.925 bits per heavy atom. The molecule has 0 unspecified atom stereocenters. The Morgan fingerprint density at radius 1 is 0.313 bits per heavy atom. The van der Waals surface area contributed by atoms with Gasteiger partial charge in [0.1, 0.15) is 18.3 Å². The van der Waals surface area contributed by atoms with Crippen LogP contribution in [0.15, 0.2) is 0 Å². The summed E-state index contributed by atoms with van der Waals surface area (Å²) in [6, 6.07) is 0. The molecule has 0 aliphatic rings. The molecule has 0 aromatic heterocycles. The number of unbranched alkanes of at least 4 members (excludes halogenated alkanes) is 27. The minimum absolute atomic E-state index is 0.00195. The normalized spacial score (nSPS) is 11.7. The van der Waals surface area contributed by atoms with Gasteiger partial charge in [-0.15, -0.1) is 0 Å². The predicted molar refractivity (Wildman–Crippen MR) is 287 cm³/mol. The van der Waals surface area contributed by atoms with E-state index in [0.29, 0.717) is 12.8 Å². The van der Waals surface area contributed by atoms with E-state index < -0.39 is 0 Å². The zero-order valence-electron chi connectivity index (χ0n) is 46.1. The summed E-state index contributed by atoms with van der Waals surface area (Å²) >= 11 is 0. The van der Waals surface area contributed by atoms with Crippen molar-refractivity contribution in [2.45, 2.75) is 329 Å². The summed E-state index contributed by atoms with van der Waals surface area (Å²) in [5.74, 6) is -0.00391. The summed E-state index contributed by atoms with van der Waals surface area (Å²) in [6.45, 7) is 13.7. The van der Waals surface area contributed by atoms with Crippen molar-refractivity contribution < 1.29 is 28.6 Å². The van der Waals surface area contributed by atoms with E-state index in [2.05, 4.69) is 53.6 Å². The molecule has 0 aliphatic carbocycles. The minimum Gasteiger partial charge on any atom is -0.462 e. The molecule has 0 saturated heterocycles. The molecule has 0 fully saturated rings. The SMILES string of the molecule is CCCCCCCCN(CCCN(C)C)C(=O)OC(CCCCCCCCC(=O)OC(CCCCCC)CCCCCC)CCCCCCCCC(=O)OC(CCCCCC)CCCCCC. The molecule has 67 heavy (non-hydrogen) atoms. The van der Waals surface area contributed by atoms with Crippen LogP contribution in [-0.4, -0.2) is 79.9 Å². The topological polar surface area (TPSA) is 85.4 Å². The van der Waals surface area contributed by atoms with Crippen LogP contribution >= 0.6 is 0 Å². The highest BCUT2D eigenvalue weighted by Gasteiger charge is 2.21. The lowest BCUT2D eigenvalue weighted by molar-refractivity contribution is -0.151. The minimum atomic E-state index is -0.121. The maximum absolute atomic E-state index is 13.8. The van der Waals surface area contributed by atoms with Gasteiger partial charge in [0, 0.05) is 25.9 Å². The lowest BCUT2D eigenvalue weighted by Gasteiger charge is -2.26. The molecule has 8 heteroatoms. The number of ether oxygens (including phenoxy) is 3. The fourth-order valence-electron chi connectivity index (χ4n) is 9.34. The fraction of sp³-hybridized carbons (Fsp3) is 0.949. The Kier molecular flexibility index (Phi) is 49.2. The zero-order valence-corrected chi connectivity index (χ0v) is 46.1. The largest absolute Gasteiger partial charge is 0.462 e. The molecule has 8 nitrogen and oxygen atoms in total. The molecule has 0 atom stereocenters. The van der Waals surface area contributed by atoms with Crippen LogP contribution in [0.4, 0.5) is 4.79 Å². The van der Waals surface area contributed by atoms with E-state index >= 15 is 0 Å². The third-order valence-electron chi connectivity index (χ3n) is 13.8.